The van der Waals surface area contributed by atoms with Crippen molar-refractivity contribution in [1.82, 2.24) is 4.90 Å². The van der Waals surface area contributed by atoms with Crippen molar-refractivity contribution >= 4 is 47.8 Å². The molecule has 0 heterocycles. The summed E-state index contributed by atoms with van der Waals surface area (Å²) in [5.74, 6) is -4.60. The van der Waals surface area contributed by atoms with Gasteiger partial charge in [-0.15, -0.1) is 0 Å². The Morgan fingerprint density at radius 1 is 0.338 bits per heavy atom. The predicted octanol–water partition coefficient (Wildman–Crippen LogP) is 10.8. The molecule has 0 bridgehead atoms. The van der Waals surface area contributed by atoms with Gasteiger partial charge in [0.2, 0.25) is 0 Å². The van der Waals surface area contributed by atoms with Crippen molar-refractivity contribution in [3.63, 3.8) is 0 Å². The molecule has 1 aromatic carbocycles. The Balaban J connectivity index is 2.80. The van der Waals surface area contributed by atoms with E-state index in [0.29, 0.717) is 43.4 Å². The third-order valence-corrected chi connectivity index (χ3v) is 11.7. The Hall–Kier alpha value is -5.06. The lowest BCUT2D eigenvalue weighted by Crippen LogP contribution is -2.31. The Morgan fingerprint density at radius 2 is 0.595 bits per heavy atom. The van der Waals surface area contributed by atoms with Crippen LogP contribution in [0.2, 0.25) is 0 Å². The van der Waals surface area contributed by atoms with Gasteiger partial charge in [0, 0.05) is 32.2 Å². The number of nitrogens with zero attached hydrogens (tertiary/aromatic N) is 1. The highest BCUT2D eigenvalue weighted by Gasteiger charge is 2.23. The van der Waals surface area contributed by atoms with Gasteiger partial charge in [-0.3, -0.25) is 38.4 Å². The van der Waals surface area contributed by atoms with Crippen molar-refractivity contribution in [3.05, 3.63) is 34.9 Å². The molecule has 0 unspecified atom stereocenters. The summed E-state index contributed by atoms with van der Waals surface area (Å²) in [6, 6.07) is 5.41. The van der Waals surface area contributed by atoms with Crippen LogP contribution < -0.4 is 0 Å². The van der Waals surface area contributed by atoms with Crippen LogP contribution in [0.5, 0.6) is 0 Å². The maximum Gasteiger partial charge on any atom is 0.306 e. The first-order valence-corrected chi connectivity index (χ1v) is 27.8. The van der Waals surface area contributed by atoms with E-state index in [4.69, 9.17) is 37.9 Å². The van der Waals surface area contributed by atoms with E-state index < -0.39 is 60.0 Å². The predicted molar refractivity (Wildman–Crippen MR) is 279 cm³/mol. The number of benzene rings is 1. The highest BCUT2D eigenvalue weighted by atomic mass is 16.6. The summed E-state index contributed by atoms with van der Waals surface area (Å²) in [5, 5.41) is 0. The summed E-state index contributed by atoms with van der Waals surface area (Å²) in [4.78, 5) is 103. The third kappa shape index (κ3) is 38.5. The molecule has 0 aliphatic heterocycles. The molecule has 17 heteroatoms. The minimum Gasteiger partial charge on any atom is -0.462 e. The molecule has 74 heavy (non-hydrogen) atoms. The smallest absolute Gasteiger partial charge is 0.306 e. The Morgan fingerprint density at radius 3 is 0.878 bits per heavy atom. The van der Waals surface area contributed by atoms with Crippen LogP contribution in [0.25, 0.3) is 0 Å². The quantitative estimate of drug-likeness (QED) is 0.0337. The van der Waals surface area contributed by atoms with Crippen LogP contribution in [0, 0.1) is 0 Å². The van der Waals surface area contributed by atoms with Crippen molar-refractivity contribution in [2.75, 3.05) is 40.5 Å². The molecule has 0 spiro atoms. The number of esters is 8. The molecular weight excluding hydrogens is 955 g/mol. The number of rotatable bonds is 46. The molecule has 0 aliphatic rings. The molecule has 1 aromatic rings. The molecule has 17 nitrogen and oxygen atoms in total. The van der Waals surface area contributed by atoms with Gasteiger partial charge in [0.25, 0.3) is 0 Å². The van der Waals surface area contributed by atoms with Crippen LogP contribution in [-0.2, 0) is 96.0 Å². The van der Waals surface area contributed by atoms with Crippen LogP contribution in [0.4, 0.5) is 0 Å². The normalized spacial score (nSPS) is 11.1. The van der Waals surface area contributed by atoms with Gasteiger partial charge in [-0.25, -0.2) is 0 Å². The highest BCUT2D eigenvalue weighted by Crippen LogP contribution is 2.17. The standard InChI is InChI=1S/C57H93NO16/c1-7-11-15-19-23-27-50(59)69-41-48(42-70-51(60)28-24-20-16-12-8-2)73-56(65)33-31-54(63)67-39-46-35-45(38-58(5)6)36-47(37-46)40-68-55(64)32-34-57(66)74-49(43-71-52(61)29-25-21-17-13-9-3)44-72-53(62)30-26-22-18-14-10-4/h35-37,48-49H,7-34,38-44H2,1-6H3. The Kier molecular flexibility index (Phi) is 40.0. The largest absolute Gasteiger partial charge is 0.462 e. The molecule has 0 aliphatic carbocycles. The number of unbranched alkanes of at least 4 members (excludes halogenated alkanes) is 16. The van der Waals surface area contributed by atoms with E-state index in [1.807, 2.05) is 31.1 Å². The van der Waals surface area contributed by atoms with Crippen molar-refractivity contribution in [1.29, 1.82) is 0 Å². The lowest BCUT2D eigenvalue weighted by Gasteiger charge is -2.18. The molecule has 0 amide bonds. The van der Waals surface area contributed by atoms with Gasteiger partial charge in [0.1, 0.15) is 39.6 Å². The minimum absolute atomic E-state index is 0.142. The van der Waals surface area contributed by atoms with Crippen molar-refractivity contribution in [2.24, 2.45) is 0 Å². The van der Waals surface area contributed by atoms with Crippen LogP contribution in [-0.4, -0.2) is 105 Å². The first-order chi connectivity index (χ1) is 35.7. The average molecular weight is 1050 g/mol. The number of carbonyl (C=O) groups excluding carboxylic acids is 8. The molecular formula is C57H93NO16. The zero-order chi connectivity index (χ0) is 54.6. The lowest BCUT2D eigenvalue weighted by atomic mass is 10.1. The van der Waals surface area contributed by atoms with Gasteiger partial charge < -0.3 is 42.8 Å². The van der Waals surface area contributed by atoms with Gasteiger partial charge in [0.15, 0.2) is 12.2 Å². The van der Waals surface area contributed by atoms with Crippen molar-refractivity contribution in [2.45, 2.75) is 239 Å². The van der Waals surface area contributed by atoms with Gasteiger partial charge >= 0.3 is 47.8 Å². The first kappa shape index (κ1) is 67.0. The molecule has 0 fully saturated rings. The summed E-state index contributed by atoms with van der Waals surface area (Å²) in [6.07, 6.45) is 16.7. The van der Waals surface area contributed by atoms with E-state index >= 15 is 0 Å². The maximum atomic E-state index is 12.9. The Bertz CT molecular complexity index is 1570. The molecule has 0 saturated carbocycles. The molecule has 422 valence electrons. The second-order valence-corrected chi connectivity index (χ2v) is 19.3. The van der Waals surface area contributed by atoms with Crippen molar-refractivity contribution in [3.8, 4) is 0 Å². The van der Waals surface area contributed by atoms with Crippen LogP contribution in [0.1, 0.15) is 224 Å². The fraction of sp³-hybridized carbons (Fsp3) is 0.754. The van der Waals surface area contributed by atoms with E-state index in [1.165, 1.54) is 0 Å². The summed E-state index contributed by atoms with van der Waals surface area (Å²) >= 11 is 0. The fourth-order valence-corrected chi connectivity index (χ4v) is 7.59. The SMILES string of the molecule is CCCCCCCC(=O)OCC(COC(=O)CCCCCCC)OC(=O)CCC(=O)OCc1cc(COC(=O)CCC(=O)OC(COC(=O)CCCCCCC)COC(=O)CCCCCCC)cc(CN(C)C)c1. The zero-order valence-electron chi connectivity index (χ0n) is 46.1. The van der Waals surface area contributed by atoms with E-state index in [1.54, 1.807) is 6.07 Å². The van der Waals surface area contributed by atoms with Crippen LogP contribution >= 0.6 is 0 Å². The Labute approximate surface area is 442 Å². The second-order valence-electron chi connectivity index (χ2n) is 19.3. The monoisotopic (exact) mass is 1050 g/mol. The topological polar surface area (TPSA) is 214 Å². The maximum absolute atomic E-state index is 12.9. The van der Waals surface area contributed by atoms with E-state index in [0.717, 1.165) is 108 Å². The van der Waals surface area contributed by atoms with Crippen LogP contribution in [0.15, 0.2) is 18.2 Å². The summed E-state index contributed by atoms with van der Waals surface area (Å²) in [6.45, 7) is 7.51. The molecule has 1 rings (SSSR count). The average Bonchev–Trinajstić information content (AvgIpc) is 3.37. The van der Waals surface area contributed by atoms with Crippen molar-refractivity contribution < 1.29 is 76.3 Å². The van der Waals surface area contributed by atoms with E-state index in [2.05, 4.69) is 27.7 Å². The van der Waals surface area contributed by atoms with Crippen LogP contribution in [0.3, 0.4) is 0 Å². The molecule has 0 N–H and O–H groups in total. The summed E-state index contributed by atoms with van der Waals surface area (Å²) < 4.78 is 43.5. The summed E-state index contributed by atoms with van der Waals surface area (Å²) in [5.41, 5.74) is 2.06. The lowest BCUT2D eigenvalue weighted by molar-refractivity contribution is -0.167. The van der Waals surface area contributed by atoms with Gasteiger partial charge in [-0.1, -0.05) is 143 Å². The minimum atomic E-state index is -1.05. The second kappa shape index (κ2) is 44.3. The zero-order valence-corrected chi connectivity index (χ0v) is 46.1. The van der Waals surface area contributed by atoms with E-state index in [9.17, 15) is 38.4 Å². The number of hydrogen-bond donors (Lipinski definition) is 0. The highest BCUT2D eigenvalue weighted by molar-refractivity contribution is 5.78. The molecule has 0 aromatic heterocycles. The molecule has 0 saturated heterocycles. The third-order valence-electron chi connectivity index (χ3n) is 11.7. The van der Waals surface area contributed by atoms with Gasteiger partial charge in [0.05, 0.1) is 25.7 Å². The first-order valence-electron chi connectivity index (χ1n) is 27.8. The fourth-order valence-electron chi connectivity index (χ4n) is 7.59. The molecule has 0 atom stereocenters. The van der Waals surface area contributed by atoms with E-state index in [-0.39, 0.29) is 91.0 Å². The number of hydrogen-bond acceptors (Lipinski definition) is 17. The number of ether oxygens (including phenoxy) is 8. The summed E-state index contributed by atoms with van der Waals surface area (Å²) in [7, 11) is 3.77. The molecule has 0 radical (unpaired) electrons. The van der Waals surface area contributed by atoms with Gasteiger partial charge in [-0.05, 0) is 62.5 Å². The number of carbonyl (C=O) groups is 8. The van der Waals surface area contributed by atoms with Gasteiger partial charge in [-0.2, -0.15) is 0 Å².